The number of thiazole rings is 1. The predicted molar refractivity (Wildman–Crippen MR) is 71.1 cm³/mol. The van der Waals surface area contributed by atoms with E-state index in [1.165, 1.54) is 17.7 Å². The Labute approximate surface area is 109 Å². The Balaban J connectivity index is 1.94. The number of aryl methyl sites for hydroxylation is 2. The molecule has 0 atom stereocenters. The average molecular weight is 263 g/mol. The minimum atomic E-state index is 0.759. The first-order valence-corrected chi connectivity index (χ1v) is 7.03. The van der Waals surface area contributed by atoms with E-state index < -0.39 is 0 Å². The van der Waals surface area contributed by atoms with Crippen LogP contribution in [0.15, 0.2) is 5.38 Å². The topological polar surface area (TPSA) is 41.6 Å². The molecular formula is C12H13N3S2. The summed E-state index contributed by atoms with van der Waals surface area (Å²) >= 11 is 7.02. The van der Waals surface area contributed by atoms with Gasteiger partial charge in [-0.25, -0.2) is 9.97 Å². The van der Waals surface area contributed by atoms with Crippen LogP contribution in [0.2, 0.25) is 0 Å². The number of aromatic nitrogens is 3. The van der Waals surface area contributed by atoms with Crippen LogP contribution in [0.3, 0.4) is 0 Å². The average Bonchev–Trinajstić information content (AvgIpc) is 2.87. The van der Waals surface area contributed by atoms with Gasteiger partial charge in [0.15, 0.2) is 0 Å². The van der Waals surface area contributed by atoms with Gasteiger partial charge in [-0.1, -0.05) is 12.2 Å². The molecule has 1 N–H and O–H groups in total. The third kappa shape index (κ3) is 2.17. The van der Waals surface area contributed by atoms with Crippen molar-refractivity contribution in [3.63, 3.8) is 0 Å². The highest BCUT2D eigenvalue weighted by molar-refractivity contribution is 7.71. The van der Waals surface area contributed by atoms with Gasteiger partial charge >= 0.3 is 0 Å². The molecular weight excluding hydrogens is 250 g/mol. The maximum absolute atomic E-state index is 5.34. The van der Waals surface area contributed by atoms with Crippen LogP contribution < -0.4 is 0 Å². The third-order valence-corrected chi connectivity index (χ3v) is 4.30. The molecule has 0 radical (unpaired) electrons. The molecule has 2 heterocycles. The van der Waals surface area contributed by atoms with Crippen molar-refractivity contribution < 1.29 is 0 Å². The fraction of sp³-hybridized carbons (Fsp3) is 0.417. The molecule has 0 amide bonds. The molecule has 0 bridgehead atoms. The van der Waals surface area contributed by atoms with Crippen molar-refractivity contribution >= 4 is 23.6 Å². The molecule has 0 saturated heterocycles. The molecule has 5 heteroatoms. The number of hydrogen-bond donors (Lipinski definition) is 1. The van der Waals surface area contributed by atoms with Crippen LogP contribution in [-0.4, -0.2) is 15.0 Å². The van der Waals surface area contributed by atoms with E-state index in [0.29, 0.717) is 0 Å². The monoisotopic (exact) mass is 263 g/mol. The minimum Gasteiger partial charge on any atom is -0.347 e. The maximum atomic E-state index is 5.34. The smallest absolute Gasteiger partial charge is 0.133 e. The first kappa shape index (κ1) is 11.0. The zero-order valence-electron chi connectivity index (χ0n) is 9.62. The van der Waals surface area contributed by atoms with Crippen LogP contribution in [0.4, 0.5) is 0 Å². The van der Waals surface area contributed by atoms with E-state index in [1.807, 2.05) is 6.92 Å². The molecule has 3 nitrogen and oxygen atoms in total. The van der Waals surface area contributed by atoms with Gasteiger partial charge in [0.2, 0.25) is 0 Å². The minimum absolute atomic E-state index is 0.759. The highest BCUT2D eigenvalue weighted by Crippen LogP contribution is 2.21. The Hall–Kier alpha value is -1.07. The fourth-order valence-electron chi connectivity index (χ4n) is 2.22. The van der Waals surface area contributed by atoms with E-state index in [0.717, 1.165) is 40.4 Å². The van der Waals surface area contributed by atoms with Crippen LogP contribution in [0.25, 0.3) is 0 Å². The van der Waals surface area contributed by atoms with Gasteiger partial charge in [-0.15, -0.1) is 11.3 Å². The Kier molecular flexibility index (Phi) is 2.80. The number of H-pyrrole nitrogens is 1. The lowest BCUT2D eigenvalue weighted by molar-refractivity contribution is 0.882. The Morgan fingerprint density at radius 1 is 1.41 bits per heavy atom. The molecule has 0 aliphatic heterocycles. The number of hydrogen-bond acceptors (Lipinski definition) is 4. The number of nitrogens with one attached hydrogen (secondary N) is 1. The van der Waals surface area contributed by atoms with E-state index >= 15 is 0 Å². The van der Waals surface area contributed by atoms with Gasteiger partial charge in [0, 0.05) is 22.3 Å². The van der Waals surface area contributed by atoms with E-state index in [9.17, 15) is 0 Å². The van der Waals surface area contributed by atoms with Crippen molar-refractivity contribution in [2.75, 3.05) is 0 Å². The first-order chi connectivity index (χ1) is 8.22. The molecule has 0 unspecified atom stereocenters. The molecule has 17 heavy (non-hydrogen) atoms. The van der Waals surface area contributed by atoms with Crippen LogP contribution in [-0.2, 0) is 19.3 Å². The zero-order valence-corrected chi connectivity index (χ0v) is 11.2. The van der Waals surface area contributed by atoms with E-state index in [-0.39, 0.29) is 0 Å². The van der Waals surface area contributed by atoms with Gasteiger partial charge in [-0.05, 0) is 26.2 Å². The second-order valence-corrected chi connectivity index (χ2v) is 5.69. The van der Waals surface area contributed by atoms with Crippen LogP contribution in [0, 0.1) is 11.6 Å². The second-order valence-electron chi connectivity index (χ2n) is 4.36. The van der Waals surface area contributed by atoms with Gasteiger partial charge in [0.05, 0.1) is 6.42 Å². The molecule has 88 valence electrons. The highest BCUT2D eigenvalue weighted by Gasteiger charge is 2.15. The summed E-state index contributed by atoms with van der Waals surface area (Å²) in [6.07, 6.45) is 4.13. The Morgan fingerprint density at radius 3 is 3.06 bits per heavy atom. The van der Waals surface area contributed by atoms with Crippen molar-refractivity contribution in [2.45, 2.75) is 32.6 Å². The second kappa shape index (κ2) is 4.31. The summed E-state index contributed by atoms with van der Waals surface area (Å²) in [5, 5.41) is 3.16. The quantitative estimate of drug-likeness (QED) is 0.847. The molecule has 2 aromatic rings. The number of fused-ring (bicyclic) bond motifs is 1. The highest BCUT2D eigenvalue weighted by atomic mass is 32.1. The van der Waals surface area contributed by atoms with Gasteiger partial charge in [0.25, 0.3) is 0 Å². The van der Waals surface area contributed by atoms with Crippen molar-refractivity contribution in [1.29, 1.82) is 0 Å². The summed E-state index contributed by atoms with van der Waals surface area (Å²) in [5.74, 6) is 0.949. The predicted octanol–water partition coefficient (Wildman–Crippen LogP) is 2.98. The largest absolute Gasteiger partial charge is 0.347 e. The fourth-order valence-corrected chi connectivity index (χ4v) is 3.33. The summed E-state index contributed by atoms with van der Waals surface area (Å²) in [6.45, 7) is 2.01. The Bertz CT molecular complexity index is 612. The van der Waals surface area contributed by atoms with E-state index in [4.69, 9.17) is 12.2 Å². The SMILES string of the molecule is Cc1csc(Cc2nc(=S)c3c([nH]2)CCC3)n1. The molecule has 0 spiro atoms. The normalized spacial score (nSPS) is 13.9. The van der Waals surface area contributed by atoms with Crippen molar-refractivity contribution in [1.82, 2.24) is 15.0 Å². The van der Waals surface area contributed by atoms with Gasteiger partial charge in [-0.2, -0.15) is 0 Å². The zero-order chi connectivity index (χ0) is 11.8. The van der Waals surface area contributed by atoms with E-state index in [1.54, 1.807) is 11.3 Å². The lowest BCUT2D eigenvalue weighted by Gasteiger charge is -2.03. The summed E-state index contributed by atoms with van der Waals surface area (Å²) in [6, 6.07) is 0. The maximum Gasteiger partial charge on any atom is 0.133 e. The molecule has 2 aromatic heterocycles. The van der Waals surface area contributed by atoms with Gasteiger partial charge in [0.1, 0.15) is 15.5 Å². The summed E-state index contributed by atoms with van der Waals surface area (Å²) < 4.78 is 0.777. The molecule has 1 aliphatic rings. The standard InChI is InChI=1S/C12H13N3S2/c1-7-6-17-11(13-7)5-10-14-9-4-2-3-8(9)12(16)15-10/h6H,2-5H2,1H3,(H,14,15,16). The molecule has 0 aromatic carbocycles. The first-order valence-electron chi connectivity index (χ1n) is 5.74. The Morgan fingerprint density at radius 2 is 2.29 bits per heavy atom. The van der Waals surface area contributed by atoms with Crippen molar-refractivity contribution in [3.8, 4) is 0 Å². The third-order valence-electron chi connectivity index (χ3n) is 2.99. The van der Waals surface area contributed by atoms with Crippen molar-refractivity contribution in [2.24, 2.45) is 0 Å². The lowest BCUT2D eigenvalue weighted by atomic mass is 10.2. The summed E-state index contributed by atoms with van der Waals surface area (Å²) in [4.78, 5) is 12.3. The molecule has 0 fully saturated rings. The van der Waals surface area contributed by atoms with Gasteiger partial charge in [-0.3, -0.25) is 0 Å². The molecule has 3 rings (SSSR count). The molecule has 1 aliphatic carbocycles. The number of nitrogens with zero attached hydrogens (tertiary/aromatic N) is 2. The molecule has 0 saturated carbocycles. The number of aromatic amines is 1. The number of rotatable bonds is 2. The van der Waals surface area contributed by atoms with Crippen LogP contribution in [0.5, 0.6) is 0 Å². The van der Waals surface area contributed by atoms with Crippen LogP contribution >= 0.6 is 23.6 Å². The van der Waals surface area contributed by atoms with E-state index in [2.05, 4.69) is 20.3 Å². The lowest BCUT2D eigenvalue weighted by Crippen LogP contribution is -2.01. The summed E-state index contributed by atoms with van der Waals surface area (Å²) in [7, 11) is 0. The summed E-state index contributed by atoms with van der Waals surface area (Å²) in [5.41, 5.74) is 3.61. The van der Waals surface area contributed by atoms with Crippen molar-refractivity contribution in [3.05, 3.63) is 37.8 Å². The van der Waals surface area contributed by atoms with Crippen LogP contribution in [0.1, 0.15) is 34.2 Å². The van der Waals surface area contributed by atoms with Gasteiger partial charge < -0.3 is 4.98 Å².